The van der Waals surface area contributed by atoms with Gasteiger partial charge in [-0.15, -0.1) is 0 Å². The van der Waals surface area contributed by atoms with E-state index in [4.69, 9.17) is 9.84 Å². The summed E-state index contributed by atoms with van der Waals surface area (Å²) < 4.78 is 10.0. The van der Waals surface area contributed by atoms with Crippen molar-refractivity contribution in [2.45, 2.75) is 31.4 Å². The zero-order chi connectivity index (χ0) is 15.4. The van der Waals surface area contributed by atoms with Crippen molar-refractivity contribution in [1.29, 1.82) is 0 Å². The first-order chi connectivity index (χ1) is 10.0. The lowest BCUT2D eigenvalue weighted by Gasteiger charge is -2.35. The minimum atomic E-state index is -1.02. The largest absolute Gasteiger partial charge is 0.480 e. The molecule has 1 aliphatic heterocycles. The normalized spacial score (nSPS) is 21.8. The number of methoxy groups -OCH3 is 1. The lowest BCUT2D eigenvalue weighted by atomic mass is 10.2. The molecule has 8 heteroatoms. The molecule has 0 radical (unpaired) electrons. The molecule has 2 amide bonds. The minimum absolute atomic E-state index is 0.0236. The zero-order valence-electron chi connectivity index (χ0n) is 12.0. The number of carbonyl (C=O) groups is 3. The molecule has 0 bridgehead atoms. The number of esters is 1. The van der Waals surface area contributed by atoms with Crippen LogP contribution in [0.25, 0.3) is 0 Å². The monoisotopic (exact) mass is 300 g/mol. The van der Waals surface area contributed by atoms with Crippen molar-refractivity contribution in [2.24, 2.45) is 0 Å². The average molecular weight is 300 g/mol. The first-order valence-electron chi connectivity index (χ1n) is 6.97. The third kappa shape index (κ3) is 4.32. The van der Waals surface area contributed by atoms with E-state index in [2.05, 4.69) is 4.74 Å². The summed E-state index contributed by atoms with van der Waals surface area (Å²) in [5, 5.41) is 8.91. The van der Waals surface area contributed by atoms with Crippen molar-refractivity contribution < 1.29 is 29.0 Å². The van der Waals surface area contributed by atoms with Crippen molar-refractivity contribution >= 4 is 18.0 Å². The molecular weight excluding hydrogens is 280 g/mol. The van der Waals surface area contributed by atoms with Crippen LogP contribution >= 0.6 is 0 Å². The van der Waals surface area contributed by atoms with Gasteiger partial charge in [0.2, 0.25) is 0 Å². The second-order valence-electron chi connectivity index (χ2n) is 5.25. The van der Waals surface area contributed by atoms with Gasteiger partial charge in [-0.1, -0.05) is 0 Å². The standard InChI is InChI=1S/C13H20N2O6/c1-20-12(18)6-10-7-14(4-5-21-10)13(19)15(8-11(16)17)9-2-3-9/h9-10H,2-8H2,1H3,(H,16,17). The Hall–Kier alpha value is -1.83. The second-order valence-corrected chi connectivity index (χ2v) is 5.25. The number of carboxylic acid groups (broad SMARTS) is 1. The molecule has 118 valence electrons. The highest BCUT2D eigenvalue weighted by Gasteiger charge is 2.37. The smallest absolute Gasteiger partial charge is 0.323 e. The molecule has 1 saturated heterocycles. The van der Waals surface area contributed by atoms with E-state index in [1.165, 1.54) is 12.0 Å². The van der Waals surface area contributed by atoms with Crippen molar-refractivity contribution in [3.8, 4) is 0 Å². The molecule has 2 rings (SSSR count). The Morgan fingerprint density at radius 3 is 2.67 bits per heavy atom. The predicted octanol–water partition coefficient (Wildman–Crippen LogP) is -0.0807. The van der Waals surface area contributed by atoms with Crippen molar-refractivity contribution in [1.82, 2.24) is 9.80 Å². The van der Waals surface area contributed by atoms with E-state index >= 15 is 0 Å². The van der Waals surface area contributed by atoms with E-state index in [0.29, 0.717) is 13.2 Å². The summed E-state index contributed by atoms with van der Waals surface area (Å²) in [6, 6.07) is -0.270. The molecule has 2 aliphatic rings. The summed E-state index contributed by atoms with van der Waals surface area (Å²) in [4.78, 5) is 37.5. The Morgan fingerprint density at radius 1 is 1.38 bits per heavy atom. The number of amides is 2. The quantitative estimate of drug-likeness (QED) is 0.713. The Kier molecular flexibility index (Phi) is 5.00. The van der Waals surface area contributed by atoms with Gasteiger partial charge in [0.15, 0.2) is 0 Å². The van der Waals surface area contributed by atoms with Crippen molar-refractivity contribution in [2.75, 3.05) is 33.4 Å². The molecule has 0 aromatic rings. The third-order valence-corrected chi connectivity index (χ3v) is 3.57. The van der Waals surface area contributed by atoms with Crippen LogP contribution in [0.15, 0.2) is 0 Å². The van der Waals surface area contributed by atoms with E-state index in [9.17, 15) is 14.4 Å². The number of rotatable bonds is 5. The lowest BCUT2D eigenvalue weighted by Crippen LogP contribution is -2.53. The summed E-state index contributed by atoms with van der Waals surface area (Å²) in [7, 11) is 1.30. The molecule has 0 spiro atoms. The van der Waals surface area contributed by atoms with Crippen LogP contribution in [0.3, 0.4) is 0 Å². The molecule has 0 aromatic carbocycles. The molecule has 21 heavy (non-hydrogen) atoms. The maximum absolute atomic E-state index is 12.4. The van der Waals surface area contributed by atoms with E-state index < -0.39 is 12.1 Å². The molecule has 1 heterocycles. The lowest BCUT2D eigenvalue weighted by molar-refractivity contribution is -0.145. The van der Waals surface area contributed by atoms with E-state index in [1.54, 1.807) is 4.90 Å². The number of morpholine rings is 1. The SMILES string of the molecule is COC(=O)CC1CN(C(=O)N(CC(=O)O)C2CC2)CCO1. The van der Waals surface area contributed by atoms with Gasteiger partial charge in [0.1, 0.15) is 6.54 Å². The second kappa shape index (κ2) is 6.75. The molecule has 1 unspecified atom stereocenters. The number of hydrogen-bond acceptors (Lipinski definition) is 5. The first-order valence-corrected chi connectivity index (χ1v) is 6.97. The molecule has 1 N–H and O–H groups in total. The fourth-order valence-corrected chi connectivity index (χ4v) is 2.35. The van der Waals surface area contributed by atoms with Crippen LogP contribution in [0.1, 0.15) is 19.3 Å². The fourth-order valence-electron chi connectivity index (χ4n) is 2.35. The highest BCUT2D eigenvalue weighted by molar-refractivity contribution is 5.81. The Balaban J connectivity index is 1.93. The summed E-state index contributed by atoms with van der Waals surface area (Å²) in [6.07, 6.45) is 1.37. The summed E-state index contributed by atoms with van der Waals surface area (Å²) in [6.45, 7) is 0.720. The highest BCUT2D eigenvalue weighted by atomic mass is 16.5. The molecule has 8 nitrogen and oxygen atoms in total. The van der Waals surface area contributed by atoms with Gasteiger partial charge in [-0.05, 0) is 12.8 Å². The van der Waals surface area contributed by atoms with Crippen LogP contribution in [-0.2, 0) is 19.1 Å². The van der Waals surface area contributed by atoms with Crippen LogP contribution in [0.4, 0.5) is 4.79 Å². The molecule has 2 fully saturated rings. The number of hydrogen-bond donors (Lipinski definition) is 1. The molecule has 1 aliphatic carbocycles. The number of carboxylic acids is 1. The van der Waals surface area contributed by atoms with E-state index in [-0.39, 0.29) is 37.6 Å². The number of nitrogens with zero attached hydrogens (tertiary/aromatic N) is 2. The summed E-state index contributed by atoms with van der Waals surface area (Å²) in [5.41, 5.74) is 0. The topological polar surface area (TPSA) is 96.4 Å². The number of carbonyl (C=O) groups excluding carboxylic acids is 2. The van der Waals surface area contributed by atoms with E-state index in [1.807, 2.05) is 0 Å². The van der Waals surface area contributed by atoms with Gasteiger partial charge in [-0.3, -0.25) is 9.59 Å². The summed E-state index contributed by atoms with van der Waals surface area (Å²) >= 11 is 0. The van der Waals surface area contributed by atoms with Crippen LogP contribution < -0.4 is 0 Å². The number of aliphatic carboxylic acids is 1. The van der Waals surface area contributed by atoms with Gasteiger partial charge >= 0.3 is 18.0 Å². The van der Waals surface area contributed by atoms with Crippen LogP contribution in [0, 0.1) is 0 Å². The van der Waals surface area contributed by atoms with E-state index in [0.717, 1.165) is 12.8 Å². The van der Waals surface area contributed by atoms with Gasteiger partial charge in [0.05, 0.1) is 26.2 Å². The maximum Gasteiger partial charge on any atom is 0.323 e. The minimum Gasteiger partial charge on any atom is -0.480 e. The Labute approximate surface area is 122 Å². The number of urea groups is 1. The summed E-state index contributed by atoms with van der Waals surface area (Å²) in [5.74, 6) is -1.41. The average Bonchev–Trinajstić information content (AvgIpc) is 3.28. The Bertz CT molecular complexity index is 423. The fraction of sp³-hybridized carbons (Fsp3) is 0.769. The molecule has 1 atom stereocenters. The first kappa shape index (κ1) is 15.6. The van der Waals surface area contributed by atoms with Crippen molar-refractivity contribution in [3.05, 3.63) is 0 Å². The van der Waals surface area contributed by atoms with Crippen molar-refractivity contribution in [3.63, 3.8) is 0 Å². The van der Waals surface area contributed by atoms with Crippen LogP contribution in [0.2, 0.25) is 0 Å². The Morgan fingerprint density at radius 2 is 2.10 bits per heavy atom. The molecular formula is C13H20N2O6. The highest BCUT2D eigenvalue weighted by Crippen LogP contribution is 2.28. The van der Waals surface area contributed by atoms with Gasteiger partial charge in [0.25, 0.3) is 0 Å². The van der Waals surface area contributed by atoms with Gasteiger partial charge < -0.3 is 24.4 Å². The molecule has 1 saturated carbocycles. The van der Waals surface area contributed by atoms with Crippen LogP contribution in [0.5, 0.6) is 0 Å². The predicted molar refractivity (Wildman–Crippen MR) is 70.7 cm³/mol. The maximum atomic E-state index is 12.4. The third-order valence-electron chi connectivity index (χ3n) is 3.57. The van der Waals surface area contributed by atoms with Gasteiger partial charge in [-0.2, -0.15) is 0 Å². The number of ether oxygens (including phenoxy) is 2. The van der Waals surface area contributed by atoms with Gasteiger partial charge in [-0.25, -0.2) is 4.79 Å². The van der Waals surface area contributed by atoms with Gasteiger partial charge in [0, 0.05) is 19.1 Å². The molecule has 0 aromatic heterocycles. The zero-order valence-corrected chi connectivity index (χ0v) is 12.0. The van der Waals surface area contributed by atoms with Crippen LogP contribution in [-0.4, -0.2) is 78.4 Å².